The zero-order valence-corrected chi connectivity index (χ0v) is 12.8. The predicted molar refractivity (Wildman–Crippen MR) is 81.4 cm³/mol. The van der Waals surface area contributed by atoms with E-state index in [0.717, 1.165) is 16.5 Å². The first kappa shape index (κ1) is 14.1. The molecule has 0 radical (unpaired) electrons. The van der Waals surface area contributed by atoms with Crippen molar-refractivity contribution in [3.8, 4) is 0 Å². The summed E-state index contributed by atoms with van der Waals surface area (Å²) in [4.78, 5) is 2.04. The lowest BCUT2D eigenvalue weighted by molar-refractivity contribution is 0.583. The van der Waals surface area contributed by atoms with Gasteiger partial charge in [-0.1, -0.05) is 29.8 Å². The van der Waals surface area contributed by atoms with Crippen molar-refractivity contribution in [2.24, 2.45) is 0 Å². The lowest BCUT2D eigenvalue weighted by Gasteiger charge is -2.21. The molecule has 0 amide bonds. The molecular weight excluding hydrogens is 280 g/mol. The Bertz CT molecular complexity index is 617. The number of anilines is 1. The van der Waals surface area contributed by atoms with Gasteiger partial charge in [-0.15, -0.1) is 5.10 Å². The number of H-pyrrole nitrogens is 1. The first-order chi connectivity index (χ1) is 9.00. The van der Waals surface area contributed by atoms with Crippen LogP contribution in [0, 0.1) is 4.77 Å². The van der Waals surface area contributed by atoms with Crippen molar-refractivity contribution < 1.29 is 0 Å². The molecule has 0 saturated carbocycles. The highest BCUT2D eigenvalue weighted by Crippen LogP contribution is 2.21. The normalized spacial score (nSPS) is 11.0. The van der Waals surface area contributed by atoms with E-state index >= 15 is 0 Å². The van der Waals surface area contributed by atoms with E-state index in [1.54, 1.807) is 0 Å². The molecule has 1 aromatic heterocycles. The molecule has 1 N–H and O–H groups in total. The summed E-state index contributed by atoms with van der Waals surface area (Å²) in [6, 6.07) is 8.07. The minimum absolute atomic E-state index is 0.259. The van der Waals surface area contributed by atoms with Crippen molar-refractivity contribution in [2.45, 2.75) is 26.4 Å². The Balaban J connectivity index is 2.28. The molecular formula is C13H17ClN4S. The van der Waals surface area contributed by atoms with Gasteiger partial charge in [-0.25, -0.2) is 5.10 Å². The minimum atomic E-state index is 0.259. The third-order valence-corrected chi connectivity index (χ3v) is 3.57. The van der Waals surface area contributed by atoms with E-state index in [-0.39, 0.29) is 6.04 Å². The van der Waals surface area contributed by atoms with E-state index in [9.17, 15) is 0 Å². The Morgan fingerprint density at radius 1 is 1.42 bits per heavy atom. The van der Waals surface area contributed by atoms with Crippen LogP contribution in [0.4, 0.5) is 5.95 Å². The fourth-order valence-electron chi connectivity index (χ4n) is 1.98. The van der Waals surface area contributed by atoms with Gasteiger partial charge >= 0.3 is 0 Å². The van der Waals surface area contributed by atoms with Crippen LogP contribution < -0.4 is 4.90 Å². The first-order valence-corrected chi connectivity index (χ1v) is 6.90. The number of hydrogen-bond acceptors (Lipinski definition) is 3. The second-order valence-electron chi connectivity index (χ2n) is 4.74. The van der Waals surface area contributed by atoms with Crippen LogP contribution in [0.5, 0.6) is 0 Å². The van der Waals surface area contributed by atoms with E-state index in [1.807, 2.05) is 40.8 Å². The van der Waals surface area contributed by atoms with E-state index in [1.165, 1.54) is 0 Å². The third-order valence-electron chi connectivity index (χ3n) is 2.91. The molecule has 0 atom stereocenters. The van der Waals surface area contributed by atoms with Gasteiger partial charge in [0, 0.05) is 24.7 Å². The van der Waals surface area contributed by atoms with Crippen molar-refractivity contribution in [2.75, 3.05) is 11.9 Å². The summed E-state index contributed by atoms with van der Waals surface area (Å²) in [5, 5.41) is 7.90. The molecule has 6 heteroatoms. The number of aromatic amines is 1. The molecule has 2 rings (SSSR count). The van der Waals surface area contributed by atoms with Crippen molar-refractivity contribution in [1.29, 1.82) is 0 Å². The third kappa shape index (κ3) is 2.98. The number of aromatic nitrogens is 3. The quantitative estimate of drug-likeness (QED) is 0.872. The maximum absolute atomic E-state index is 6.18. The van der Waals surface area contributed by atoms with Gasteiger partial charge in [-0.3, -0.25) is 4.57 Å². The molecule has 0 aliphatic carbocycles. The first-order valence-electron chi connectivity index (χ1n) is 6.12. The van der Waals surface area contributed by atoms with Gasteiger partial charge in [0.25, 0.3) is 0 Å². The maximum atomic E-state index is 6.18. The second-order valence-corrected chi connectivity index (χ2v) is 5.53. The zero-order chi connectivity index (χ0) is 14.0. The Morgan fingerprint density at radius 2 is 2.11 bits per heavy atom. The summed E-state index contributed by atoms with van der Waals surface area (Å²) in [6.45, 7) is 4.85. The van der Waals surface area contributed by atoms with Crippen LogP contribution in [0.1, 0.15) is 25.5 Å². The number of nitrogens with one attached hydrogen (secondary N) is 1. The average molecular weight is 297 g/mol. The van der Waals surface area contributed by atoms with Crippen LogP contribution in [-0.4, -0.2) is 21.8 Å². The van der Waals surface area contributed by atoms with Crippen molar-refractivity contribution >= 4 is 29.8 Å². The van der Waals surface area contributed by atoms with Crippen LogP contribution >= 0.6 is 23.8 Å². The van der Waals surface area contributed by atoms with Gasteiger partial charge in [0.2, 0.25) is 5.95 Å². The van der Waals surface area contributed by atoms with E-state index in [2.05, 4.69) is 24.0 Å². The summed E-state index contributed by atoms with van der Waals surface area (Å²) in [6.07, 6.45) is 0. The Hall–Kier alpha value is -1.33. The standard InChI is InChI=1S/C13H17ClN4S/c1-9(2)18-12(15-16-13(18)19)17(3)8-10-6-4-5-7-11(10)14/h4-7,9H,8H2,1-3H3,(H,16,19). The molecule has 0 unspecified atom stereocenters. The molecule has 0 bridgehead atoms. The number of rotatable bonds is 4. The van der Waals surface area contributed by atoms with Gasteiger partial charge in [0.1, 0.15) is 0 Å². The Kier molecular flexibility index (Phi) is 4.27. The highest BCUT2D eigenvalue weighted by Gasteiger charge is 2.14. The number of hydrogen-bond donors (Lipinski definition) is 1. The van der Waals surface area contributed by atoms with Crippen LogP contribution in [0.15, 0.2) is 24.3 Å². The monoisotopic (exact) mass is 296 g/mol. The van der Waals surface area contributed by atoms with Crippen LogP contribution in [0.3, 0.4) is 0 Å². The molecule has 4 nitrogen and oxygen atoms in total. The lowest BCUT2D eigenvalue weighted by atomic mass is 10.2. The molecule has 0 spiro atoms. The Labute approximate surface area is 123 Å². The maximum Gasteiger partial charge on any atom is 0.226 e. The summed E-state index contributed by atoms with van der Waals surface area (Å²) in [7, 11) is 1.98. The van der Waals surface area contributed by atoms with Crippen LogP contribution in [-0.2, 0) is 6.54 Å². The summed E-state index contributed by atoms with van der Waals surface area (Å²) >= 11 is 11.4. The fourth-order valence-corrected chi connectivity index (χ4v) is 2.52. The SMILES string of the molecule is CC(C)n1c(N(C)Cc2ccccc2Cl)n[nH]c1=S. The van der Waals surface area contributed by atoms with E-state index in [4.69, 9.17) is 23.8 Å². The smallest absolute Gasteiger partial charge is 0.226 e. The minimum Gasteiger partial charge on any atom is -0.340 e. The van der Waals surface area contributed by atoms with Gasteiger partial charge in [-0.05, 0) is 37.7 Å². The Morgan fingerprint density at radius 3 is 2.74 bits per heavy atom. The number of nitrogens with zero attached hydrogens (tertiary/aromatic N) is 3. The molecule has 1 heterocycles. The van der Waals surface area contributed by atoms with E-state index < -0.39 is 0 Å². The van der Waals surface area contributed by atoms with Crippen molar-refractivity contribution in [3.63, 3.8) is 0 Å². The fraction of sp³-hybridized carbons (Fsp3) is 0.385. The lowest BCUT2D eigenvalue weighted by Crippen LogP contribution is -2.22. The number of halogens is 1. The molecule has 102 valence electrons. The largest absolute Gasteiger partial charge is 0.340 e. The predicted octanol–water partition coefficient (Wildman–Crippen LogP) is 3.81. The van der Waals surface area contributed by atoms with Crippen molar-refractivity contribution in [1.82, 2.24) is 14.8 Å². The molecule has 0 aliphatic rings. The molecule has 0 saturated heterocycles. The van der Waals surface area contributed by atoms with Gasteiger partial charge in [0.05, 0.1) is 0 Å². The number of benzene rings is 1. The van der Waals surface area contributed by atoms with Gasteiger partial charge < -0.3 is 4.90 Å². The average Bonchev–Trinajstić information content (AvgIpc) is 2.74. The van der Waals surface area contributed by atoms with Gasteiger partial charge in [0.15, 0.2) is 4.77 Å². The highest BCUT2D eigenvalue weighted by atomic mass is 35.5. The van der Waals surface area contributed by atoms with Crippen LogP contribution in [0.25, 0.3) is 0 Å². The molecule has 0 aliphatic heterocycles. The molecule has 1 aromatic carbocycles. The highest BCUT2D eigenvalue weighted by molar-refractivity contribution is 7.71. The summed E-state index contributed by atoms with van der Waals surface area (Å²) in [5.41, 5.74) is 1.07. The molecule has 0 fully saturated rings. The topological polar surface area (TPSA) is 36.9 Å². The molecule has 2 aromatic rings. The summed E-state index contributed by atoms with van der Waals surface area (Å²) < 4.78 is 2.63. The van der Waals surface area contributed by atoms with Crippen molar-refractivity contribution in [3.05, 3.63) is 39.6 Å². The zero-order valence-electron chi connectivity index (χ0n) is 11.2. The molecule has 19 heavy (non-hydrogen) atoms. The van der Waals surface area contributed by atoms with E-state index in [0.29, 0.717) is 11.3 Å². The van der Waals surface area contributed by atoms with Gasteiger partial charge in [-0.2, -0.15) is 0 Å². The second kappa shape index (κ2) is 5.75. The summed E-state index contributed by atoms with van der Waals surface area (Å²) in [5.74, 6) is 0.819. The van der Waals surface area contributed by atoms with Crippen LogP contribution in [0.2, 0.25) is 5.02 Å².